The number of primary amides is 1. The lowest BCUT2D eigenvalue weighted by Gasteiger charge is -2.02. The number of benzene rings is 1. The van der Waals surface area contributed by atoms with Gasteiger partial charge in [-0.25, -0.2) is 0 Å². The quantitative estimate of drug-likeness (QED) is 0.858. The maximum Gasteiger partial charge on any atom is 0.261 e. The third kappa shape index (κ3) is 1.79. The largest absolute Gasteiger partial charge is 0.382 e. The number of rotatable bonds is 2. The van der Waals surface area contributed by atoms with Crippen LogP contribution in [-0.4, -0.2) is 22.7 Å². The van der Waals surface area contributed by atoms with Crippen LogP contribution in [-0.2, 0) is 9.63 Å². The zero-order chi connectivity index (χ0) is 12.5. The minimum absolute atomic E-state index is 0.418. The molecule has 0 bridgehead atoms. The zero-order valence-corrected chi connectivity index (χ0v) is 9.54. The molecule has 5 heteroatoms. The van der Waals surface area contributed by atoms with Gasteiger partial charge in [0.15, 0.2) is 0 Å². The van der Waals surface area contributed by atoms with Crippen molar-refractivity contribution in [1.82, 2.24) is 4.98 Å². The van der Waals surface area contributed by atoms with Gasteiger partial charge in [0.05, 0.1) is 11.2 Å². The second-order valence-corrected chi connectivity index (χ2v) is 4.15. The molecule has 1 aromatic carbocycles. The fourth-order valence-corrected chi connectivity index (χ4v) is 1.96. The third-order valence-electron chi connectivity index (χ3n) is 2.92. The van der Waals surface area contributed by atoms with Gasteiger partial charge in [-0.1, -0.05) is 17.3 Å². The Morgan fingerprint density at radius 2 is 2.28 bits per heavy atom. The molecule has 1 aliphatic rings. The van der Waals surface area contributed by atoms with Crippen molar-refractivity contribution < 1.29 is 9.63 Å². The Labute approximate surface area is 103 Å². The molecule has 5 nitrogen and oxygen atoms in total. The van der Waals surface area contributed by atoms with E-state index in [2.05, 4.69) is 10.1 Å². The van der Waals surface area contributed by atoms with Gasteiger partial charge in [-0.05, 0) is 18.2 Å². The van der Waals surface area contributed by atoms with E-state index in [-0.39, 0.29) is 0 Å². The van der Waals surface area contributed by atoms with Crippen molar-refractivity contribution in [2.75, 3.05) is 0 Å². The lowest BCUT2D eigenvalue weighted by molar-refractivity contribution is -0.127. The summed E-state index contributed by atoms with van der Waals surface area (Å²) in [7, 11) is 0. The average Bonchev–Trinajstić information content (AvgIpc) is 2.88. The molecule has 3 rings (SSSR count). The molecule has 0 spiro atoms. The van der Waals surface area contributed by atoms with Gasteiger partial charge in [-0.3, -0.25) is 9.78 Å². The molecule has 0 saturated heterocycles. The van der Waals surface area contributed by atoms with E-state index in [1.165, 1.54) is 0 Å². The second kappa shape index (κ2) is 4.10. The Morgan fingerprint density at radius 3 is 3.06 bits per heavy atom. The molecule has 0 saturated carbocycles. The van der Waals surface area contributed by atoms with Crippen LogP contribution in [0.1, 0.15) is 12.0 Å². The van der Waals surface area contributed by atoms with Gasteiger partial charge in [0.1, 0.15) is 0 Å². The smallest absolute Gasteiger partial charge is 0.261 e. The number of aromatic nitrogens is 1. The number of amides is 1. The molecular weight excluding hydrogens is 230 g/mol. The SMILES string of the molecule is NC(=O)C1CC(c2ccc3ncccc3c2)=NO1. The van der Waals surface area contributed by atoms with Crippen molar-refractivity contribution in [1.29, 1.82) is 0 Å². The van der Waals surface area contributed by atoms with Crippen molar-refractivity contribution in [3.05, 3.63) is 42.1 Å². The van der Waals surface area contributed by atoms with Crippen LogP contribution in [0.5, 0.6) is 0 Å². The van der Waals surface area contributed by atoms with Gasteiger partial charge in [0.2, 0.25) is 6.10 Å². The Bertz CT molecular complexity index is 651. The van der Waals surface area contributed by atoms with Crippen LogP contribution in [0.25, 0.3) is 10.9 Å². The highest BCUT2D eigenvalue weighted by Crippen LogP contribution is 2.20. The highest BCUT2D eigenvalue weighted by molar-refractivity contribution is 6.05. The average molecular weight is 241 g/mol. The number of fused-ring (bicyclic) bond motifs is 1. The van der Waals surface area contributed by atoms with Gasteiger partial charge in [-0.2, -0.15) is 0 Å². The number of pyridine rings is 1. The molecular formula is C13H11N3O2. The number of oxime groups is 1. The summed E-state index contributed by atoms with van der Waals surface area (Å²) in [6, 6.07) is 9.68. The van der Waals surface area contributed by atoms with Crippen molar-refractivity contribution in [2.24, 2.45) is 10.9 Å². The normalized spacial score (nSPS) is 18.4. The van der Waals surface area contributed by atoms with Gasteiger partial charge in [-0.15, -0.1) is 0 Å². The third-order valence-corrected chi connectivity index (χ3v) is 2.92. The Hall–Kier alpha value is -2.43. The first-order valence-electron chi connectivity index (χ1n) is 5.61. The van der Waals surface area contributed by atoms with Crippen molar-refractivity contribution >= 4 is 22.5 Å². The summed E-state index contributed by atoms with van der Waals surface area (Å²) >= 11 is 0. The van der Waals surface area contributed by atoms with Gasteiger partial charge >= 0.3 is 0 Å². The number of carbonyl (C=O) groups is 1. The standard InChI is InChI=1S/C13H11N3O2/c14-13(17)12-7-11(16-18-12)9-3-4-10-8(6-9)2-1-5-15-10/h1-6,12H,7H2,(H2,14,17). The van der Waals surface area contributed by atoms with E-state index in [9.17, 15) is 4.79 Å². The van der Waals surface area contributed by atoms with Crippen molar-refractivity contribution in [2.45, 2.75) is 12.5 Å². The van der Waals surface area contributed by atoms with Gasteiger partial charge in [0, 0.05) is 23.6 Å². The number of hydrogen-bond acceptors (Lipinski definition) is 4. The molecule has 2 aromatic rings. The topological polar surface area (TPSA) is 77.6 Å². The summed E-state index contributed by atoms with van der Waals surface area (Å²) in [4.78, 5) is 20.2. The maximum absolute atomic E-state index is 11.0. The molecule has 1 aliphatic heterocycles. The highest BCUT2D eigenvalue weighted by atomic mass is 16.6. The fraction of sp³-hybridized carbons (Fsp3) is 0.154. The second-order valence-electron chi connectivity index (χ2n) is 4.15. The molecule has 1 atom stereocenters. The van der Waals surface area contributed by atoms with Crippen LogP contribution >= 0.6 is 0 Å². The van der Waals surface area contributed by atoms with Crippen LogP contribution in [0.4, 0.5) is 0 Å². The molecule has 2 N–H and O–H groups in total. The van der Waals surface area contributed by atoms with E-state index in [0.29, 0.717) is 6.42 Å². The summed E-state index contributed by atoms with van der Waals surface area (Å²) in [6.45, 7) is 0. The van der Waals surface area contributed by atoms with E-state index in [4.69, 9.17) is 10.6 Å². The first kappa shape index (κ1) is 10.7. The maximum atomic E-state index is 11.0. The number of nitrogens with zero attached hydrogens (tertiary/aromatic N) is 2. The van der Waals surface area contributed by atoms with Crippen molar-refractivity contribution in [3.8, 4) is 0 Å². The first-order valence-corrected chi connectivity index (χ1v) is 5.61. The number of nitrogens with two attached hydrogens (primary N) is 1. The van der Waals surface area contributed by atoms with E-state index >= 15 is 0 Å². The summed E-state index contributed by atoms with van der Waals surface area (Å²) < 4.78 is 0. The van der Waals surface area contributed by atoms with Gasteiger partial charge in [0.25, 0.3) is 5.91 Å². The van der Waals surface area contributed by atoms with E-state index in [0.717, 1.165) is 22.2 Å². The lowest BCUT2D eigenvalue weighted by atomic mass is 10.0. The molecule has 18 heavy (non-hydrogen) atoms. The van der Waals surface area contributed by atoms with E-state index in [1.54, 1.807) is 6.20 Å². The van der Waals surface area contributed by atoms with Gasteiger partial charge < -0.3 is 10.6 Å². The van der Waals surface area contributed by atoms with Crippen LogP contribution in [0.3, 0.4) is 0 Å². The highest BCUT2D eigenvalue weighted by Gasteiger charge is 2.26. The van der Waals surface area contributed by atoms with E-state index in [1.807, 2.05) is 30.3 Å². The summed E-state index contributed by atoms with van der Waals surface area (Å²) in [5.74, 6) is -0.490. The summed E-state index contributed by atoms with van der Waals surface area (Å²) in [5.41, 5.74) is 7.77. The zero-order valence-electron chi connectivity index (χ0n) is 9.54. The molecule has 0 aliphatic carbocycles. The molecule has 2 heterocycles. The first-order chi connectivity index (χ1) is 8.74. The van der Waals surface area contributed by atoms with E-state index < -0.39 is 12.0 Å². The Balaban J connectivity index is 1.94. The molecule has 0 radical (unpaired) electrons. The Morgan fingerprint density at radius 1 is 1.39 bits per heavy atom. The van der Waals surface area contributed by atoms with Crippen molar-refractivity contribution in [3.63, 3.8) is 0 Å². The predicted molar refractivity (Wildman–Crippen MR) is 67.0 cm³/mol. The Kier molecular flexibility index (Phi) is 2.44. The molecule has 1 aromatic heterocycles. The summed E-state index contributed by atoms with van der Waals surface area (Å²) in [6.07, 6.45) is 1.52. The van der Waals surface area contributed by atoms with Crippen LogP contribution in [0.2, 0.25) is 0 Å². The minimum Gasteiger partial charge on any atom is -0.382 e. The fourth-order valence-electron chi connectivity index (χ4n) is 1.96. The number of carbonyl (C=O) groups excluding carboxylic acids is 1. The van der Waals surface area contributed by atoms with Crippen LogP contribution in [0.15, 0.2) is 41.7 Å². The van der Waals surface area contributed by atoms with Crippen LogP contribution < -0.4 is 5.73 Å². The monoisotopic (exact) mass is 241 g/mol. The lowest BCUT2D eigenvalue weighted by Crippen LogP contribution is -2.28. The molecule has 0 fully saturated rings. The predicted octanol–water partition coefficient (Wildman–Crippen LogP) is 1.21. The number of hydrogen-bond donors (Lipinski definition) is 1. The summed E-state index contributed by atoms with van der Waals surface area (Å²) in [5, 5.41) is 4.94. The molecule has 1 unspecified atom stereocenters. The minimum atomic E-state index is -0.649. The van der Waals surface area contributed by atoms with Crippen LogP contribution in [0, 0.1) is 0 Å². The molecule has 90 valence electrons. The molecule has 1 amide bonds.